The molecule has 10 heteroatoms. The van der Waals surface area contributed by atoms with Crippen molar-refractivity contribution in [3.63, 3.8) is 0 Å². The van der Waals surface area contributed by atoms with Crippen molar-refractivity contribution in [1.82, 2.24) is 0 Å². The number of aliphatic hydroxyl groups excluding tert-OH is 3. The first-order valence-electron chi connectivity index (χ1n) is 11.8. The standard InChI is InChI=1S/C24H32O10/c1-9-5-13(26)18(28)22(4)12(9)6-14-23-8-32-24(31,21(22)23)17(27)11(3)15(23)16(20(30)33-14)34-19(29)10(2)7-25/h5,10-12,14-18,21,25,27-28,31H,6-8H2,1-4H3/t10-,11-,12+,14-,15-,16-,17-,18-,21-,22-,23+,24-/m1/s1. The molecule has 2 bridgehead atoms. The minimum Gasteiger partial charge on any atom is -0.459 e. The molecule has 12 atom stereocenters. The number of carbonyl (C=O) groups is 3. The van der Waals surface area contributed by atoms with Crippen molar-refractivity contribution >= 4 is 17.7 Å². The van der Waals surface area contributed by atoms with Crippen LogP contribution in [0.5, 0.6) is 0 Å². The molecule has 2 saturated heterocycles. The van der Waals surface area contributed by atoms with Crippen molar-refractivity contribution in [3.8, 4) is 0 Å². The fourth-order valence-corrected chi connectivity index (χ4v) is 8.05. The number of ether oxygens (including phenoxy) is 3. The molecule has 0 unspecified atom stereocenters. The van der Waals surface area contributed by atoms with Gasteiger partial charge in [0.05, 0.1) is 19.1 Å². The average Bonchev–Trinajstić information content (AvgIpc) is 3.08. The molecule has 0 aromatic heterocycles. The fourth-order valence-electron chi connectivity index (χ4n) is 8.05. The summed E-state index contributed by atoms with van der Waals surface area (Å²) in [6.07, 6.45) is -3.42. The summed E-state index contributed by atoms with van der Waals surface area (Å²) < 4.78 is 17.3. The smallest absolute Gasteiger partial charge is 0.348 e. The second kappa shape index (κ2) is 7.33. The summed E-state index contributed by atoms with van der Waals surface area (Å²) in [5.41, 5.74) is -1.64. The molecule has 34 heavy (non-hydrogen) atoms. The van der Waals surface area contributed by atoms with Gasteiger partial charge in [0.1, 0.15) is 18.3 Å². The van der Waals surface area contributed by atoms with Gasteiger partial charge in [-0.2, -0.15) is 0 Å². The van der Waals surface area contributed by atoms with Gasteiger partial charge < -0.3 is 34.6 Å². The predicted octanol–water partition coefficient (Wildman–Crippen LogP) is -0.684. The van der Waals surface area contributed by atoms with Gasteiger partial charge in [0.2, 0.25) is 6.10 Å². The number of carbonyl (C=O) groups excluding carboxylic acids is 3. The van der Waals surface area contributed by atoms with E-state index in [0.717, 1.165) is 0 Å². The minimum absolute atomic E-state index is 0.103. The Morgan fingerprint density at radius 1 is 1.32 bits per heavy atom. The van der Waals surface area contributed by atoms with Gasteiger partial charge in [-0.15, -0.1) is 0 Å². The summed E-state index contributed by atoms with van der Waals surface area (Å²) in [4.78, 5) is 38.5. The Kier molecular flexibility index (Phi) is 5.15. The summed E-state index contributed by atoms with van der Waals surface area (Å²) in [5.74, 6) is -7.96. The maximum Gasteiger partial charge on any atom is 0.348 e. The minimum atomic E-state index is -2.10. The molecule has 2 heterocycles. The van der Waals surface area contributed by atoms with Crippen LogP contribution in [-0.2, 0) is 28.6 Å². The van der Waals surface area contributed by atoms with E-state index in [2.05, 4.69) is 0 Å². The molecule has 188 valence electrons. The van der Waals surface area contributed by atoms with Gasteiger partial charge in [0.15, 0.2) is 11.6 Å². The lowest BCUT2D eigenvalue weighted by molar-refractivity contribution is -0.340. The zero-order valence-electron chi connectivity index (χ0n) is 19.6. The van der Waals surface area contributed by atoms with Crippen LogP contribution in [0.15, 0.2) is 11.6 Å². The van der Waals surface area contributed by atoms with Crippen LogP contribution in [0.3, 0.4) is 0 Å². The third kappa shape index (κ3) is 2.61. The second-order valence-electron chi connectivity index (χ2n) is 11.1. The van der Waals surface area contributed by atoms with Crippen LogP contribution in [0.1, 0.15) is 34.1 Å². The second-order valence-corrected chi connectivity index (χ2v) is 11.1. The molecule has 4 N–H and O–H groups in total. The highest BCUT2D eigenvalue weighted by atomic mass is 16.7. The lowest BCUT2D eigenvalue weighted by Gasteiger charge is -2.68. The number of fused-ring (bicyclic) bond motifs is 1. The van der Waals surface area contributed by atoms with Crippen LogP contribution in [0, 0.1) is 40.4 Å². The van der Waals surface area contributed by atoms with Crippen LogP contribution in [-0.4, -0.2) is 81.6 Å². The lowest BCUT2D eigenvalue weighted by Crippen LogP contribution is -2.78. The first-order valence-corrected chi connectivity index (χ1v) is 11.8. The van der Waals surface area contributed by atoms with Gasteiger partial charge in [-0.1, -0.05) is 19.4 Å². The van der Waals surface area contributed by atoms with Gasteiger partial charge in [-0.05, 0) is 38.2 Å². The van der Waals surface area contributed by atoms with Crippen molar-refractivity contribution in [2.24, 2.45) is 40.4 Å². The monoisotopic (exact) mass is 480 g/mol. The van der Waals surface area contributed by atoms with Crippen molar-refractivity contribution < 1.29 is 49.0 Å². The predicted molar refractivity (Wildman–Crippen MR) is 112 cm³/mol. The first-order chi connectivity index (χ1) is 15.8. The van der Waals surface area contributed by atoms with E-state index in [4.69, 9.17) is 14.2 Å². The van der Waals surface area contributed by atoms with E-state index in [1.165, 1.54) is 13.0 Å². The molecule has 5 rings (SSSR count). The average molecular weight is 481 g/mol. The SMILES string of the molecule is CC1=CC(=O)[C@@H](O)[C@]2(C)[C@H]3[C@]4(O)OC[C@]35[C@H]([C@@H](C)[C@H]4O)[C@@H](OC(=O)[C@H](C)CO)C(=O)O[C@@H]5C[C@@H]12. The van der Waals surface area contributed by atoms with Crippen LogP contribution < -0.4 is 0 Å². The molecule has 0 amide bonds. The first kappa shape index (κ1) is 23.9. The Bertz CT molecular complexity index is 977. The van der Waals surface area contributed by atoms with Crippen molar-refractivity contribution in [2.45, 2.75) is 64.3 Å². The number of hydrogen-bond donors (Lipinski definition) is 4. The maximum atomic E-state index is 13.2. The summed E-state index contributed by atoms with van der Waals surface area (Å²) in [7, 11) is 0. The van der Waals surface area contributed by atoms with E-state index in [-0.39, 0.29) is 13.0 Å². The quantitative estimate of drug-likeness (QED) is 0.381. The molecular weight excluding hydrogens is 448 g/mol. The highest BCUT2D eigenvalue weighted by molar-refractivity contribution is 5.96. The molecule has 1 spiro atoms. The van der Waals surface area contributed by atoms with Gasteiger partial charge >= 0.3 is 11.9 Å². The lowest BCUT2D eigenvalue weighted by atomic mass is 9.38. The number of rotatable bonds is 3. The molecule has 4 fully saturated rings. The number of ketones is 1. The Morgan fingerprint density at radius 2 is 2.00 bits per heavy atom. The van der Waals surface area contributed by atoms with Crippen LogP contribution in [0.25, 0.3) is 0 Å². The van der Waals surface area contributed by atoms with Crippen molar-refractivity contribution in [1.29, 1.82) is 0 Å². The normalized spacial score (nSPS) is 52.2. The molecule has 0 aromatic rings. The molecule has 3 aliphatic carbocycles. The summed E-state index contributed by atoms with van der Waals surface area (Å²) in [5, 5.41) is 43.6. The van der Waals surface area contributed by atoms with E-state index < -0.39 is 95.0 Å². The zero-order chi connectivity index (χ0) is 25.0. The highest BCUT2D eigenvalue weighted by Gasteiger charge is 2.83. The molecular formula is C24H32O10. The highest BCUT2D eigenvalue weighted by Crippen LogP contribution is 2.73. The number of allylic oxidation sites excluding steroid dienone is 1. The fraction of sp³-hybridized carbons (Fsp3) is 0.792. The van der Waals surface area contributed by atoms with E-state index in [0.29, 0.717) is 5.57 Å². The molecule has 0 radical (unpaired) electrons. The molecule has 10 nitrogen and oxygen atoms in total. The molecule has 2 saturated carbocycles. The topological polar surface area (TPSA) is 160 Å². The van der Waals surface area contributed by atoms with Gasteiger partial charge in [0.25, 0.3) is 0 Å². The number of esters is 2. The largest absolute Gasteiger partial charge is 0.459 e. The van der Waals surface area contributed by atoms with Gasteiger partial charge in [-0.25, -0.2) is 4.79 Å². The number of hydrogen-bond acceptors (Lipinski definition) is 10. The van der Waals surface area contributed by atoms with Gasteiger partial charge in [0, 0.05) is 22.7 Å². The van der Waals surface area contributed by atoms with E-state index in [1.54, 1.807) is 20.8 Å². The third-order valence-corrected chi connectivity index (χ3v) is 9.55. The molecule has 0 aromatic carbocycles. The van der Waals surface area contributed by atoms with E-state index in [9.17, 15) is 34.8 Å². The van der Waals surface area contributed by atoms with Gasteiger partial charge in [-0.3, -0.25) is 9.59 Å². The summed E-state index contributed by atoms with van der Waals surface area (Å²) >= 11 is 0. The van der Waals surface area contributed by atoms with Crippen molar-refractivity contribution in [2.75, 3.05) is 13.2 Å². The van der Waals surface area contributed by atoms with Crippen LogP contribution in [0.2, 0.25) is 0 Å². The van der Waals surface area contributed by atoms with Crippen LogP contribution >= 0.6 is 0 Å². The van der Waals surface area contributed by atoms with E-state index >= 15 is 0 Å². The van der Waals surface area contributed by atoms with E-state index in [1.807, 2.05) is 0 Å². The van der Waals surface area contributed by atoms with Crippen LogP contribution in [0.4, 0.5) is 0 Å². The summed E-state index contributed by atoms with van der Waals surface area (Å²) in [6, 6.07) is 0. The Balaban J connectivity index is 1.69. The molecule has 2 aliphatic heterocycles. The maximum absolute atomic E-state index is 13.2. The molecule has 5 aliphatic rings. The Morgan fingerprint density at radius 3 is 2.65 bits per heavy atom. The zero-order valence-corrected chi connectivity index (χ0v) is 19.6. The third-order valence-electron chi connectivity index (χ3n) is 9.55. The summed E-state index contributed by atoms with van der Waals surface area (Å²) in [6.45, 7) is 6.02. The Labute approximate surface area is 196 Å². The van der Waals surface area contributed by atoms with Crippen molar-refractivity contribution in [3.05, 3.63) is 11.6 Å². The Hall–Kier alpha value is -1.85. The number of aliphatic hydroxyl groups is 4.